The molecule has 1 aliphatic rings. The molecular formula is C20H27Cl2N3O. The number of nitrogens with zero attached hydrogens (tertiary/aromatic N) is 1. The van der Waals surface area contributed by atoms with Crippen molar-refractivity contribution in [1.29, 1.82) is 0 Å². The Morgan fingerprint density at radius 1 is 1.12 bits per heavy atom. The van der Waals surface area contributed by atoms with E-state index in [0.717, 1.165) is 18.7 Å². The summed E-state index contributed by atoms with van der Waals surface area (Å²) >= 11 is 0. The fourth-order valence-corrected chi connectivity index (χ4v) is 3.36. The molecule has 2 aromatic carbocycles. The van der Waals surface area contributed by atoms with Gasteiger partial charge in [-0.1, -0.05) is 36.4 Å². The summed E-state index contributed by atoms with van der Waals surface area (Å²) in [4.78, 5) is 15.0. The highest BCUT2D eigenvalue weighted by Gasteiger charge is 2.24. The van der Waals surface area contributed by atoms with Crippen LogP contribution in [0.1, 0.15) is 40.4 Å². The molecule has 1 aliphatic heterocycles. The van der Waals surface area contributed by atoms with Gasteiger partial charge in [0.25, 0.3) is 5.91 Å². The number of nitrogens with one attached hydrogen (secondary N) is 1. The first-order chi connectivity index (χ1) is 11.6. The monoisotopic (exact) mass is 395 g/mol. The fraction of sp³-hybridized carbons (Fsp3) is 0.350. The maximum atomic E-state index is 12.6. The van der Waals surface area contributed by atoms with E-state index < -0.39 is 0 Å². The minimum absolute atomic E-state index is 0. The van der Waals surface area contributed by atoms with Crippen molar-refractivity contribution in [3.8, 4) is 0 Å². The number of halogens is 2. The van der Waals surface area contributed by atoms with Crippen LogP contribution in [0.15, 0.2) is 48.5 Å². The van der Waals surface area contributed by atoms with Gasteiger partial charge in [0.2, 0.25) is 0 Å². The standard InChI is InChI=1S/C20H25N3O.2ClH/c1-15-9-10-17(21)13-18(15)20(24)22-14-19(23-11-5-6-12-23)16-7-3-2-4-8-16;;/h2-4,7-10,13,19H,5-6,11-12,14,21H2,1H3,(H,22,24);2*1H. The average Bonchev–Trinajstić information content (AvgIpc) is 3.12. The van der Waals surface area contributed by atoms with E-state index in [1.54, 1.807) is 6.07 Å². The number of likely N-dealkylation sites (tertiary alicyclic amines) is 1. The minimum atomic E-state index is -0.0556. The van der Waals surface area contributed by atoms with E-state index in [2.05, 4.69) is 34.5 Å². The Bertz CT molecular complexity index is 703. The Labute approximate surface area is 168 Å². The van der Waals surface area contributed by atoms with E-state index in [1.807, 2.05) is 25.1 Å². The summed E-state index contributed by atoms with van der Waals surface area (Å²) in [5.74, 6) is -0.0556. The van der Waals surface area contributed by atoms with Gasteiger partial charge in [-0.3, -0.25) is 9.69 Å². The number of carbonyl (C=O) groups excluding carboxylic acids is 1. The van der Waals surface area contributed by atoms with Gasteiger partial charge in [0.15, 0.2) is 0 Å². The number of anilines is 1. The second-order valence-corrected chi connectivity index (χ2v) is 6.45. The molecule has 3 rings (SSSR count). The van der Waals surface area contributed by atoms with E-state index in [4.69, 9.17) is 5.73 Å². The summed E-state index contributed by atoms with van der Waals surface area (Å²) in [7, 11) is 0. The summed E-state index contributed by atoms with van der Waals surface area (Å²) < 4.78 is 0. The highest BCUT2D eigenvalue weighted by atomic mass is 35.5. The second kappa shape index (κ2) is 10.4. The zero-order valence-electron chi connectivity index (χ0n) is 15.0. The van der Waals surface area contributed by atoms with Crippen LogP contribution in [0.25, 0.3) is 0 Å². The summed E-state index contributed by atoms with van der Waals surface area (Å²) in [5, 5.41) is 3.11. The van der Waals surface area contributed by atoms with Crippen molar-refractivity contribution in [1.82, 2.24) is 10.2 Å². The van der Waals surface area contributed by atoms with Crippen LogP contribution < -0.4 is 11.1 Å². The third-order valence-corrected chi connectivity index (χ3v) is 4.73. The fourth-order valence-electron chi connectivity index (χ4n) is 3.36. The first-order valence-electron chi connectivity index (χ1n) is 8.58. The van der Waals surface area contributed by atoms with Crippen molar-refractivity contribution in [2.45, 2.75) is 25.8 Å². The van der Waals surface area contributed by atoms with Crippen LogP contribution in [0.5, 0.6) is 0 Å². The van der Waals surface area contributed by atoms with E-state index in [9.17, 15) is 4.79 Å². The number of nitrogen functional groups attached to an aromatic ring is 1. The van der Waals surface area contributed by atoms with Crippen LogP contribution in [0.4, 0.5) is 5.69 Å². The lowest BCUT2D eigenvalue weighted by atomic mass is 10.0. The molecule has 1 heterocycles. The van der Waals surface area contributed by atoms with Gasteiger partial charge in [-0.05, 0) is 56.1 Å². The number of hydrogen-bond acceptors (Lipinski definition) is 3. The topological polar surface area (TPSA) is 58.4 Å². The average molecular weight is 396 g/mol. The molecule has 6 heteroatoms. The van der Waals surface area contributed by atoms with Gasteiger partial charge in [0.1, 0.15) is 0 Å². The Balaban J connectivity index is 0.00000169. The molecule has 0 bridgehead atoms. The van der Waals surface area contributed by atoms with Crippen molar-refractivity contribution in [3.63, 3.8) is 0 Å². The highest BCUT2D eigenvalue weighted by Crippen LogP contribution is 2.24. The molecule has 142 valence electrons. The van der Waals surface area contributed by atoms with Gasteiger partial charge in [0.05, 0.1) is 6.04 Å². The van der Waals surface area contributed by atoms with Gasteiger partial charge < -0.3 is 11.1 Å². The number of carbonyl (C=O) groups is 1. The van der Waals surface area contributed by atoms with Crippen molar-refractivity contribution >= 4 is 36.4 Å². The summed E-state index contributed by atoms with van der Waals surface area (Å²) in [6.07, 6.45) is 2.46. The van der Waals surface area contributed by atoms with Crippen LogP contribution in [0, 0.1) is 6.92 Å². The molecule has 1 amide bonds. The van der Waals surface area contributed by atoms with Crippen LogP contribution in [0.2, 0.25) is 0 Å². The molecule has 1 fully saturated rings. The molecule has 2 aromatic rings. The molecule has 0 saturated carbocycles. The minimum Gasteiger partial charge on any atom is -0.399 e. The Morgan fingerprint density at radius 3 is 2.42 bits per heavy atom. The summed E-state index contributed by atoms with van der Waals surface area (Å²) in [6, 6.07) is 16.1. The predicted molar refractivity (Wildman–Crippen MR) is 112 cm³/mol. The lowest BCUT2D eigenvalue weighted by Crippen LogP contribution is -2.37. The predicted octanol–water partition coefficient (Wildman–Crippen LogP) is 3.99. The Kier molecular flexibility index (Phi) is 8.93. The molecule has 0 aliphatic carbocycles. The first kappa shape index (κ1) is 22.3. The summed E-state index contributed by atoms with van der Waals surface area (Å²) in [6.45, 7) is 4.72. The Hall–Kier alpha value is -1.75. The van der Waals surface area contributed by atoms with E-state index in [-0.39, 0.29) is 36.8 Å². The highest BCUT2D eigenvalue weighted by molar-refractivity contribution is 5.96. The van der Waals surface area contributed by atoms with Crippen molar-refractivity contribution in [2.24, 2.45) is 0 Å². The molecule has 0 aromatic heterocycles. The summed E-state index contributed by atoms with van der Waals surface area (Å²) in [5.41, 5.74) is 9.29. The van der Waals surface area contributed by atoms with E-state index in [1.165, 1.54) is 18.4 Å². The van der Waals surface area contributed by atoms with Gasteiger partial charge in [-0.2, -0.15) is 0 Å². The zero-order valence-corrected chi connectivity index (χ0v) is 16.6. The van der Waals surface area contributed by atoms with E-state index in [0.29, 0.717) is 17.8 Å². The first-order valence-corrected chi connectivity index (χ1v) is 8.58. The maximum absolute atomic E-state index is 12.6. The van der Waals surface area contributed by atoms with Gasteiger partial charge >= 0.3 is 0 Å². The maximum Gasteiger partial charge on any atom is 0.251 e. The number of rotatable bonds is 5. The zero-order chi connectivity index (χ0) is 16.9. The van der Waals surface area contributed by atoms with Crippen LogP contribution >= 0.6 is 24.8 Å². The van der Waals surface area contributed by atoms with Crippen molar-refractivity contribution in [3.05, 3.63) is 65.2 Å². The van der Waals surface area contributed by atoms with Crippen molar-refractivity contribution < 1.29 is 4.79 Å². The van der Waals surface area contributed by atoms with Crippen LogP contribution in [-0.2, 0) is 0 Å². The number of amides is 1. The Morgan fingerprint density at radius 2 is 1.77 bits per heavy atom. The molecule has 0 radical (unpaired) electrons. The lowest BCUT2D eigenvalue weighted by Gasteiger charge is -2.28. The van der Waals surface area contributed by atoms with Crippen LogP contribution in [0.3, 0.4) is 0 Å². The van der Waals surface area contributed by atoms with E-state index >= 15 is 0 Å². The molecule has 0 spiro atoms. The lowest BCUT2D eigenvalue weighted by molar-refractivity contribution is 0.0937. The number of aryl methyl sites for hydroxylation is 1. The smallest absolute Gasteiger partial charge is 0.251 e. The molecule has 1 atom stereocenters. The third-order valence-electron chi connectivity index (χ3n) is 4.73. The third kappa shape index (κ3) is 5.37. The number of hydrogen-bond donors (Lipinski definition) is 2. The second-order valence-electron chi connectivity index (χ2n) is 6.45. The molecule has 4 nitrogen and oxygen atoms in total. The molecule has 1 saturated heterocycles. The van der Waals surface area contributed by atoms with Crippen LogP contribution in [-0.4, -0.2) is 30.4 Å². The molecule has 1 unspecified atom stereocenters. The molecule has 26 heavy (non-hydrogen) atoms. The molecule has 3 N–H and O–H groups in total. The van der Waals surface area contributed by atoms with Gasteiger partial charge in [0, 0.05) is 17.8 Å². The number of benzene rings is 2. The SMILES string of the molecule is Cc1ccc(N)cc1C(=O)NCC(c1ccccc1)N1CCCC1.Cl.Cl. The van der Waals surface area contributed by atoms with Gasteiger partial charge in [-0.15, -0.1) is 24.8 Å². The molecular weight excluding hydrogens is 369 g/mol. The normalized spacial score (nSPS) is 14.8. The quantitative estimate of drug-likeness (QED) is 0.752. The van der Waals surface area contributed by atoms with Gasteiger partial charge in [-0.25, -0.2) is 0 Å². The number of nitrogens with two attached hydrogens (primary N) is 1. The largest absolute Gasteiger partial charge is 0.399 e. The van der Waals surface area contributed by atoms with Crippen molar-refractivity contribution in [2.75, 3.05) is 25.4 Å².